The third-order valence-electron chi connectivity index (χ3n) is 2.86. The first-order valence-corrected chi connectivity index (χ1v) is 4.81. The molecule has 0 saturated carbocycles. The van der Waals surface area contributed by atoms with Crippen molar-refractivity contribution in [3.63, 3.8) is 0 Å². The quantitative estimate of drug-likeness (QED) is 0.577. The second-order valence-corrected chi connectivity index (χ2v) is 4.41. The third-order valence-corrected chi connectivity index (χ3v) is 2.86. The van der Waals surface area contributed by atoms with Crippen LogP contribution in [0.15, 0.2) is 23.3 Å². The minimum atomic E-state index is 0.352. The molecule has 12 heavy (non-hydrogen) atoms. The van der Waals surface area contributed by atoms with Crippen molar-refractivity contribution in [2.45, 2.75) is 26.7 Å². The average Bonchev–Trinajstić information content (AvgIpc) is 2.04. The van der Waals surface area contributed by atoms with E-state index in [1.807, 2.05) is 0 Å². The lowest BCUT2D eigenvalue weighted by atomic mass is 9.75. The smallest absolute Gasteiger partial charge is 0.0205 e. The Bertz CT molecular complexity index is 246. The van der Waals surface area contributed by atoms with Crippen molar-refractivity contribution in [2.75, 3.05) is 13.1 Å². The van der Waals surface area contributed by atoms with Gasteiger partial charge in [0.1, 0.15) is 0 Å². The van der Waals surface area contributed by atoms with E-state index in [2.05, 4.69) is 31.3 Å². The molecule has 0 amide bonds. The molecule has 1 heterocycles. The molecule has 2 aliphatic rings. The van der Waals surface area contributed by atoms with Crippen LogP contribution in [0.1, 0.15) is 26.7 Å². The molecule has 1 aliphatic heterocycles. The number of fused-ring (bicyclic) bond motifs is 1. The maximum Gasteiger partial charge on any atom is 0.0205 e. The predicted molar refractivity (Wildman–Crippen MR) is 52.1 cm³/mol. The largest absolute Gasteiger partial charge is 0.312 e. The molecular formula is C11H17N. The highest BCUT2D eigenvalue weighted by Gasteiger charge is 2.29. The first kappa shape index (κ1) is 8.06. The fourth-order valence-corrected chi connectivity index (χ4v) is 2.21. The Balaban J connectivity index is 2.33. The van der Waals surface area contributed by atoms with Crippen LogP contribution in [0.25, 0.3) is 0 Å². The lowest BCUT2D eigenvalue weighted by molar-refractivity contribution is 0.387. The number of hydrogen-bond donors (Lipinski definition) is 1. The molecule has 0 aromatic carbocycles. The molecule has 0 unspecified atom stereocenters. The molecule has 0 aromatic heterocycles. The summed E-state index contributed by atoms with van der Waals surface area (Å²) in [6.07, 6.45) is 7.29. The summed E-state index contributed by atoms with van der Waals surface area (Å²) in [6, 6.07) is 0. The Kier molecular flexibility index (Phi) is 1.84. The van der Waals surface area contributed by atoms with Gasteiger partial charge in [0, 0.05) is 18.5 Å². The molecule has 1 N–H and O–H groups in total. The zero-order chi connectivity index (χ0) is 8.60. The van der Waals surface area contributed by atoms with E-state index in [1.54, 1.807) is 5.57 Å². The molecule has 66 valence electrons. The lowest BCUT2D eigenvalue weighted by Crippen LogP contribution is -2.39. The highest BCUT2D eigenvalue weighted by Crippen LogP contribution is 2.36. The van der Waals surface area contributed by atoms with Crippen molar-refractivity contribution < 1.29 is 0 Å². The van der Waals surface area contributed by atoms with Crippen LogP contribution in [0.2, 0.25) is 0 Å². The molecule has 1 heteroatoms. The fourth-order valence-electron chi connectivity index (χ4n) is 2.21. The lowest BCUT2D eigenvalue weighted by Gasteiger charge is -2.37. The zero-order valence-corrected chi connectivity index (χ0v) is 7.98. The summed E-state index contributed by atoms with van der Waals surface area (Å²) in [5.74, 6) is 0. The van der Waals surface area contributed by atoms with Gasteiger partial charge in [-0.3, -0.25) is 0 Å². The van der Waals surface area contributed by atoms with Gasteiger partial charge >= 0.3 is 0 Å². The summed E-state index contributed by atoms with van der Waals surface area (Å²) < 4.78 is 0. The van der Waals surface area contributed by atoms with Crippen LogP contribution in [0.4, 0.5) is 0 Å². The molecule has 1 saturated heterocycles. The van der Waals surface area contributed by atoms with Gasteiger partial charge in [0.25, 0.3) is 0 Å². The summed E-state index contributed by atoms with van der Waals surface area (Å²) in [6.45, 7) is 6.85. The number of rotatable bonds is 0. The molecule has 0 spiro atoms. The maximum atomic E-state index is 3.47. The van der Waals surface area contributed by atoms with Crippen LogP contribution >= 0.6 is 0 Å². The van der Waals surface area contributed by atoms with Crippen LogP contribution in [0.5, 0.6) is 0 Å². The predicted octanol–water partition coefficient (Wildman–Crippen LogP) is 2.26. The van der Waals surface area contributed by atoms with Crippen LogP contribution in [-0.4, -0.2) is 13.1 Å². The van der Waals surface area contributed by atoms with Crippen molar-refractivity contribution in [1.29, 1.82) is 0 Å². The molecular weight excluding hydrogens is 146 g/mol. The van der Waals surface area contributed by atoms with E-state index < -0.39 is 0 Å². The van der Waals surface area contributed by atoms with Gasteiger partial charge in [0.15, 0.2) is 0 Å². The molecule has 1 nitrogen and oxygen atoms in total. The van der Waals surface area contributed by atoms with Gasteiger partial charge in [-0.1, -0.05) is 26.0 Å². The summed E-state index contributed by atoms with van der Waals surface area (Å²) in [5, 5.41) is 3.47. The van der Waals surface area contributed by atoms with E-state index in [1.165, 1.54) is 18.4 Å². The van der Waals surface area contributed by atoms with Crippen LogP contribution < -0.4 is 5.32 Å². The van der Waals surface area contributed by atoms with Gasteiger partial charge in [0.2, 0.25) is 0 Å². The second-order valence-electron chi connectivity index (χ2n) is 4.41. The monoisotopic (exact) mass is 163 g/mol. The molecule has 1 aliphatic carbocycles. The van der Waals surface area contributed by atoms with E-state index in [-0.39, 0.29) is 0 Å². The highest BCUT2D eigenvalue weighted by molar-refractivity contribution is 5.41. The third kappa shape index (κ3) is 1.22. The van der Waals surface area contributed by atoms with Gasteiger partial charge in [-0.05, 0) is 24.0 Å². The average molecular weight is 163 g/mol. The standard InChI is InChI=1S/C11H17N/c1-11(2)8-12-7-9-5-3-4-6-10(9)11/h5-6,12H,3-4,7-8H2,1-2H3. The minimum Gasteiger partial charge on any atom is -0.312 e. The molecule has 2 rings (SSSR count). The van der Waals surface area contributed by atoms with Gasteiger partial charge < -0.3 is 5.32 Å². The summed E-state index contributed by atoms with van der Waals surface area (Å²) in [4.78, 5) is 0. The van der Waals surface area contributed by atoms with Crippen molar-refractivity contribution >= 4 is 0 Å². The topological polar surface area (TPSA) is 12.0 Å². The number of nitrogens with one attached hydrogen (secondary N) is 1. The van der Waals surface area contributed by atoms with Crippen LogP contribution in [0, 0.1) is 5.41 Å². The van der Waals surface area contributed by atoms with Crippen LogP contribution in [-0.2, 0) is 0 Å². The summed E-state index contributed by atoms with van der Waals surface area (Å²) >= 11 is 0. The zero-order valence-electron chi connectivity index (χ0n) is 7.98. The van der Waals surface area contributed by atoms with Crippen molar-refractivity contribution in [3.8, 4) is 0 Å². The molecule has 0 aromatic rings. The van der Waals surface area contributed by atoms with Crippen molar-refractivity contribution in [3.05, 3.63) is 23.3 Å². The molecule has 0 bridgehead atoms. The van der Waals surface area contributed by atoms with E-state index >= 15 is 0 Å². The van der Waals surface area contributed by atoms with E-state index in [4.69, 9.17) is 0 Å². The number of allylic oxidation sites excluding steroid dienone is 2. The Morgan fingerprint density at radius 1 is 1.25 bits per heavy atom. The first-order chi connectivity index (χ1) is 5.70. The maximum absolute atomic E-state index is 3.47. The second kappa shape index (κ2) is 2.74. The molecule has 0 radical (unpaired) electrons. The van der Waals surface area contributed by atoms with E-state index in [0.29, 0.717) is 5.41 Å². The number of hydrogen-bond acceptors (Lipinski definition) is 1. The van der Waals surface area contributed by atoms with Crippen molar-refractivity contribution in [2.24, 2.45) is 5.41 Å². The van der Waals surface area contributed by atoms with Gasteiger partial charge in [-0.15, -0.1) is 0 Å². The van der Waals surface area contributed by atoms with Gasteiger partial charge in [-0.25, -0.2) is 0 Å². The van der Waals surface area contributed by atoms with E-state index in [9.17, 15) is 0 Å². The Labute approximate surface area is 74.5 Å². The normalized spacial score (nSPS) is 27.2. The molecule has 0 atom stereocenters. The SMILES string of the molecule is CC1(C)CNCC2=CCCC=C21. The number of piperidine rings is 1. The summed E-state index contributed by atoms with van der Waals surface area (Å²) in [5.41, 5.74) is 3.48. The first-order valence-electron chi connectivity index (χ1n) is 4.81. The van der Waals surface area contributed by atoms with E-state index in [0.717, 1.165) is 13.1 Å². The Morgan fingerprint density at radius 2 is 2.00 bits per heavy atom. The minimum absolute atomic E-state index is 0.352. The van der Waals surface area contributed by atoms with Crippen molar-refractivity contribution in [1.82, 2.24) is 5.32 Å². The Hall–Kier alpha value is -0.560. The fraction of sp³-hybridized carbons (Fsp3) is 0.636. The van der Waals surface area contributed by atoms with Gasteiger partial charge in [0.05, 0.1) is 0 Å². The van der Waals surface area contributed by atoms with Crippen LogP contribution in [0.3, 0.4) is 0 Å². The highest BCUT2D eigenvalue weighted by atomic mass is 14.9. The van der Waals surface area contributed by atoms with Gasteiger partial charge in [-0.2, -0.15) is 0 Å². The summed E-state index contributed by atoms with van der Waals surface area (Å²) in [7, 11) is 0. The Morgan fingerprint density at radius 3 is 2.75 bits per heavy atom. The molecule has 1 fully saturated rings.